The number of aliphatic carboxylic acids is 1. The summed E-state index contributed by atoms with van der Waals surface area (Å²) in [5.74, 6) is -10.4. The molecule has 0 saturated carbocycles. The van der Waals surface area contributed by atoms with E-state index < -0.39 is 144 Å². The first-order valence-corrected chi connectivity index (χ1v) is 31.6. The van der Waals surface area contributed by atoms with Crippen LogP contribution in [-0.2, 0) is 59.2 Å². The molecule has 0 saturated heterocycles. The first kappa shape index (κ1) is 76.5. The molecule has 0 aliphatic heterocycles. The van der Waals surface area contributed by atoms with Gasteiger partial charge in [-0.25, -0.2) is 4.79 Å². The van der Waals surface area contributed by atoms with Crippen molar-refractivity contribution in [2.24, 2.45) is 57.1 Å². The summed E-state index contributed by atoms with van der Waals surface area (Å²) in [7, 11) is 0. The Morgan fingerprint density at radius 3 is 1.68 bits per heavy atom. The SMILES string of the molecule is CC[C@H](C)[C@H](NC(=O)[C@H](Cc1c[nH]c2ccccc12)NC(=O)[C@H](CCCN=C(N)N)NC(=O)[C@@H](N)CCCCN)C(=O)N[C@H](C(=O)N[C@@H](CCSC)C(=O)NCC(=O)N[C@@H](CC(C)C)C(=O)N[C@@H](CC(N)=O)C(=O)N[C@@H](CCCCN)C(=O)O)[C@@H](C)CC. The maximum atomic E-state index is 14.8. The number of fused-ring (bicyclic) bond motifs is 1. The molecule has 0 unspecified atom stereocenters. The Hall–Kier alpha value is -7.57. The fourth-order valence-electron chi connectivity index (χ4n) is 9.30. The van der Waals surface area contributed by atoms with Crippen molar-refractivity contribution in [3.63, 3.8) is 0 Å². The number of hydrogen-bond donors (Lipinski definition) is 17. The number of guanidine groups is 1. The van der Waals surface area contributed by atoms with Gasteiger partial charge >= 0.3 is 5.97 Å². The van der Waals surface area contributed by atoms with Gasteiger partial charge in [-0.15, -0.1) is 0 Å². The Morgan fingerprint density at radius 1 is 0.591 bits per heavy atom. The predicted molar refractivity (Wildman–Crippen MR) is 337 cm³/mol. The van der Waals surface area contributed by atoms with Crippen LogP contribution in [0.4, 0.5) is 0 Å². The molecule has 1 aromatic heterocycles. The number of hydrogen-bond acceptors (Lipinski definition) is 16. The number of primary amides is 1. The zero-order valence-electron chi connectivity index (χ0n) is 52.0. The summed E-state index contributed by atoms with van der Waals surface area (Å²) in [4.78, 5) is 157. The van der Waals surface area contributed by atoms with Crippen LogP contribution in [0.15, 0.2) is 35.5 Å². The van der Waals surface area contributed by atoms with E-state index in [2.05, 4.69) is 57.8 Å². The molecule has 0 aliphatic carbocycles. The maximum absolute atomic E-state index is 14.8. The molecule has 0 bridgehead atoms. The Morgan fingerprint density at radius 2 is 1.10 bits per heavy atom. The number of nitrogens with one attached hydrogen (secondary N) is 10. The molecule has 2 aromatic rings. The van der Waals surface area contributed by atoms with Crippen molar-refractivity contribution in [3.8, 4) is 0 Å². The minimum atomic E-state index is -1.60. The molecule has 30 heteroatoms. The molecule has 2 rings (SSSR count). The van der Waals surface area contributed by atoms with E-state index in [1.54, 1.807) is 47.1 Å². The minimum absolute atomic E-state index is 0.0247. The average Bonchev–Trinajstić information content (AvgIpc) is 2.82. The van der Waals surface area contributed by atoms with Crippen molar-refractivity contribution < 1.29 is 57.8 Å². The first-order chi connectivity index (χ1) is 41.7. The number of amides is 10. The number of unbranched alkanes of at least 4 members (excludes halogenated alkanes) is 2. The fourth-order valence-corrected chi connectivity index (χ4v) is 9.78. The molecule has 0 spiro atoms. The van der Waals surface area contributed by atoms with E-state index in [9.17, 15) is 57.8 Å². The van der Waals surface area contributed by atoms with Crippen LogP contribution in [0, 0.1) is 17.8 Å². The van der Waals surface area contributed by atoms with Crippen molar-refractivity contribution in [2.45, 2.75) is 186 Å². The lowest BCUT2D eigenvalue weighted by atomic mass is 9.94. The van der Waals surface area contributed by atoms with E-state index in [0.29, 0.717) is 69.4 Å². The summed E-state index contributed by atoms with van der Waals surface area (Å²) >= 11 is 1.38. The smallest absolute Gasteiger partial charge is 0.326 e. The topological polar surface area (TPSA) is 501 Å². The number of aliphatic imine (C=N–C) groups is 1. The van der Waals surface area contributed by atoms with Crippen LogP contribution in [0.25, 0.3) is 10.9 Å². The summed E-state index contributed by atoms with van der Waals surface area (Å²) in [6.07, 6.45) is 6.32. The lowest BCUT2D eigenvalue weighted by Gasteiger charge is -2.31. The second kappa shape index (κ2) is 40.8. The minimum Gasteiger partial charge on any atom is -0.480 e. The van der Waals surface area contributed by atoms with Gasteiger partial charge in [0.1, 0.15) is 48.3 Å². The lowest BCUT2D eigenvalue weighted by molar-refractivity contribution is -0.142. The number of thioether (sulfide) groups is 1. The van der Waals surface area contributed by atoms with Crippen LogP contribution in [-0.4, -0.2) is 174 Å². The number of nitrogens with zero attached hydrogens (tertiary/aromatic N) is 1. The number of aromatic amines is 1. The second-order valence-corrected chi connectivity index (χ2v) is 23.5. The third-order valence-electron chi connectivity index (χ3n) is 14.8. The predicted octanol–water partition coefficient (Wildman–Crippen LogP) is -1.80. The lowest BCUT2D eigenvalue weighted by Crippen LogP contribution is -2.62. The van der Waals surface area contributed by atoms with Crippen LogP contribution in [0.1, 0.15) is 131 Å². The summed E-state index contributed by atoms with van der Waals surface area (Å²) in [6, 6.07) is -4.18. The molecule has 494 valence electrons. The Balaban J connectivity index is 2.42. The van der Waals surface area contributed by atoms with Gasteiger partial charge in [0.05, 0.1) is 19.0 Å². The van der Waals surface area contributed by atoms with Crippen LogP contribution in [0.2, 0.25) is 0 Å². The quantitative estimate of drug-likeness (QED) is 0.0198. The maximum Gasteiger partial charge on any atom is 0.326 e. The highest BCUT2D eigenvalue weighted by Crippen LogP contribution is 2.21. The highest BCUT2D eigenvalue weighted by molar-refractivity contribution is 7.98. The molecule has 0 aliphatic rings. The van der Waals surface area contributed by atoms with Gasteiger partial charge in [0, 0.05) is 30.1 Å². The standard InChI is InChI=1S/C58H99N17O12S/c1-8-33(5)47(55(84)70-40(22-26-88-7)50(79)67-31-46(77)68-42(27-32(3)4)52(81)73-44(29-45(62)76)53(82)71-41(57(86)87)20-13-15-24-60)75-56(85)48(34(6)9-2)74-54(83)43(28-35-30-66-38-19-11-10-17-36(35)38)72-51(80)39(21-16-25-65-58(63)64)69-49(78)37(61)18-12-14-23-59/h10-11,17,19,30,32-34,37,39-44,47-48,66H,8-9,12-16,18,20-29,31,59-61H2,1-7H3,(H2,62,76)(H,67,79)(H,68,77)(H,69,78)(H,70,84)(H,71,82)(H,72,80)(H,73,81)(H,74,83)(H,75,85)(H,86,87)(H4,63,64,65)/t33-,34-,37-,39-,40-,41-,42-,43-,44-,47-,48-/m0/s1. The molecule has 10 amide bonds. The van der Waals surface area contributed by atoms with Crippen molar-refractivity contribution in [2.75, 3.05) is 38.2 Å². The fraction of sp³-hybridized carbons (Fsp3) is 0.655. The molecular formula is C58H99N17O12S. The van der Waals surface area contributed by atoms with Gasteiger partial charge in [-0.05, 0) is 112 Å². The summed E-state index contributed by atoms with van der Waals surface area (Å²) in [6.45, 7) is 10.7. The Labute approximate surface area is 519 Å². The molecule has 1 aromatic carbocycles. The van der Waals surface area contributed by atoms with E-state index in [0.717, 1.165) is 10.9 Å². The number of rotatable bonds is 44. The molecular weight excluding hydrogens is 1160 g/mol. The summed E-state index contributed by atoms with van der Waals surface area (Å²) in [5, 5.41) is 34.2. The third kappa shape index (κ3) is 27.6. The van der Waals surface area contributed by atoms with E-state index in [1.807, 2.05) is 31.2 Å². The largest absolute Gasteiger partial charge is 0.480 e. The zero-order chi connectivity index (χ0) is 66.0. The van der Waals surface area contributed by atoms with Crippen LogP contribution in [0.5, 0.6) is 0 Å². The molecule has 1 heterocycles. The van der Waals surface area contributed by atoms with Crippen LogP contribution in [0.3, 0.4) is 0 Å². The van der Waals surface area contributed by atoms with Crippen molar-refractivity contribution in [1.82, 2.24) is 52.8 Å². The number of H-pyrrole nitrogens is 1. The van der Waals surface area contributed by atoms with Crippen LogP contribution < -0.4 is 82.3 Å². The molecule has 0 fully saturated rings. The van der Waals surface area contributed by atoms with Gasteiger partial charge in [0.15, 0.2) is 5.96 Å². The Bertz CT molecular complexity index is 2640. The summed E-state index contributed by atoms with van der Waals surface area (Å²) < 4.78 is 0. The number of carbonyl (C=O) groups excluding carboxylic acids is 10. The number of carbonyl (C=O) groups is 11. The van der Waals surface area contributed by atoms with E-state index >= 15 is 0 Å². The Kier molecular flexibility index (Phi) is 35.5. The van der Waals surface area contributed by atoms with Gasteiger partial charge < -0.3 is 92.3 Å². The number of benzene rings is 1. The number of carboxylic acids is 1. The molecule has 23 N–H and O–H groups in total. The van der Waals surface area contributed by atoms with Crippen molar-refractivity contribution in [1.29, 1.82) is 0 Å². The van der Waals surface area contributed by atoms with Crippen molar-refractivity contribution in [3.05, 3.63) is 36.0 Å². The van der Waals surface area contributed by atoms with Crippen LogP contribution >= 0.6 is 11.8 Å². The number of aromatic nitrogens is 1. The van der Waals surface area contributed by atoms with Gasteiger partial charge in [0.2, 0.25) is 59.1 Å². The molecule has 88 heavy (non-hydrogen) atoms. The normalized spacial score (nSPS) is 15.0. The van der Waals surface area contributed by atoms with E-state index in [-0.39, 0.29) is 56.9 Å². The molecule has 29 nitrogen and oxygen atoms in total. The zero-order valence-corrected chi connectivity index (χ0v) is 52.8. The molecule has 11 atom stereocenters. The third-order valence-corrected chi connectivity index (χ3v) is 15.5. The van der Waals surface area contributed by atoms with Gasteiger partial charge in [-0.1, -0.05) is 79.0 Å². The molecule has 0 radical (unpaired) electrons. The highest BCUT2D eigenvalue weighted by atomic mass is 32.2. The van der Waals surface area contributed by atoms with E-state index in [4.69, 9.17) is 34.4 Å². The number of carboxylic acid groups (broad SMARTS) is 1. The van der Waals surface area contributed by atoms with E-state index in [1.165, 1.54) is 11.8 Å². The summed E-state index contributed by atoms with van der Waals surface area (Å²) in [5.41, 5.74) is 35.3. The van der Waals surface area contributed by atoms with Gasteiger partial charge in [-0.2, -0.15) is 11.8 Å². The number of para-hydroxylation sites is 1. The highest BCUT2D eigenvalue weighted by Gasteiger charge is 2.37. The first-order valence-electron chi connectivity index (χ1n) is 30.2. The average molecular weight is 1260 g/mol. The number of nitrogens with two attached hydrogens (primary N) is 6. The van der Waals surface area contributed by atoms with Gasteiger partial charge in [0.25, 0.3) is 0 Å². The second-order valence-electron chi connectivity index (χ2n) is 22.5. The van der Waals surface area contributed by atoms with Gasteiger partial charge in [-0.3, -0.25) is 52.9 Å². The van der Waals surface area contributed by atoms with Crippen molar-refractivity contribution >= 4 is 93.7 Å². The monoisotopic (exact) mass is 1260 g/mol.